The van der Waals surface area contributed by atoms with Gasteiger partial charge >= 0.3 is 0 Å². The molecule has 2 rings (SSSR count). The van der Waals surface area contributed by atoms with Crippen molar-refractivity contribution in [2.45, 2.75) is 45.2 Å². The van der Waals surface area contributed by atoms with Crippen LogP contribution < -0.4 is 10.6 Å². The number of hydrogen-bond acceptors (Lipinski definition) is 3. The van der Waals surface area contributed by atoms with E-state index in [1.54, 1.807) is 0 Å². The molecule has 2 unspecified atom stereocenters. The Balaban J connectivity index is 1.99. The Hall–Kier alpha value is -1.84. The molecule has 1 aromatic carbocycles. The molecule has 0 aromatic heterocycles. The first kappa shape index (κ1) is 13.6. The van der Waals surface area contributed by atoms with Crippen LogP contribution in [-0.4, -0.2) is 24.0 Å². The molecule has 2 N–H and O–H groups in total. The van der Waals surface area contributed by atoms with E-state index in [9.17, 15) is 4.79 Å². The molecule has 1 amide bonds. The Morgan fingerprint density at radius 3 is 2.58 bits per heavy atom. The number of nitrogens with one attached hydrogen (secondary N) is 2. The molecule has 1 heterocycles. The van der Waals surface area contributed by atoms with E-state index in [0.717, 1.165) is 6.42 Å². The predicted octanol–water partition coefficient (Wildman–Crippen LogP) is 2.03. The summed E-state index contributed by atoms with van der Waals surface area (Å²) in [7, 11) is 0. The van der Waals surface area contributed by atoms with Gasteiger partial charge in [0.25, 0.3) is 5.91 Å². The number of carbonyl (C=O) groups excluding carboxylic acids is 1. The molecular weight excluding hydrogens is 238 g/mol. The van der Waals surface area contributed by atoms with Gasteiger partial charge in [-0.2, -0.15) is 0 Å². The Bertz CT molecular complexity index is 468. The van der Waals surface area contributed by atoms with Crippen LogP contribution in [0, 0.1) is 0 Å². The highest BCUT2D eigenvalue weighted by atomic mass is 16.2. The zero-order valence-electron chi connectivity index (χ0n) is 11.7. The molecule has 0 bridgehead atoms. The van der Waals surface area contributed by atoms with Gasteiger partial charge in [0.05, 0.1) is 0 Å². The van der Waals surface area contributed by atoms with Crippen LogP contribution in [0.15, 0.2) is 35.3 Å². The first-order valence-corrected chi connectivity index (χ1v) is 6.76. The molecule has 2 atom stereocenters. The molecular formula is C15H21N3O. The van der Waals surface area contributed by atoms with E-state index in [1.165, 1.54) is 5.56 Å². The number of rotatable bonds is 4. The minimum absolute atomic E-state index is 0.00840. The first-order valence-electron chi connectivity index (χ1n) is 6.76. The van der Waals surface area contributed by atoms with Gasteiger partial charge in [0.1, 0.15) is 6.04 Å². The van der Waals surface area contributed by atoms with Gasteiger partial charge in [-0.3, -0.25) is 10.1 Å². The van der Waals surface area contributed by atoms with Crippen molar-refractivity contribution in [2.75, 3.05) is 0 Å². The van der Waals surface area contributed by atoms with Crippen molar-refractivity contribution in [3.05, 3.63) is 35.9 Å². The second-order valence-electron chi connectivity index (χ2n) is 5.33. The van der Waals surface area contributed by atoms with Crippen LogP contribution in [0.2, 0.25) is 0 Å². The Kier molecular flexibility index (Phi) is 4.20. The predicted molar refractivity (Wildman–Crippen MR) is 77.1 cm³/mol. The van der Waals surface area contributed by atoms with Gasteiger partial charge in [-0.25, -0.2) is 4.99 Å². The normalized spacial score (nSPS) is 20.1. The molecule has 1 aliphatic rings. The van der Waals surface area contributed by atoms with Crippen molar-refractivity contribution in [1.82, 2.24) is 10.6 Å². The summed E-state index contributed by atoms with van der Waals surface area (Å²) in [6, 6.07) is 10.2. The van der Waals surface area contributed by atoms with E-state index in [-0.39, 0.29) is 18.0 Å². The van der Waals surface area contributed by atoms with E-state index in [1.807, 2.05) is 32.0 Å². The van der Waals surface area contributed by atoms with E-state index >= 15 is 0 Å². The van der Waals surface area contributed by atoms with Crippen LogP contribution in [0.4, 0.5) is 0 Å². The maximum atomic E-state index is 11.9. The van der Waals surface area contributed by atoms with Crippen molar-refractivity contribution in [2.24, 2.45) is 4.99 Å². The second kappa shape index (κ2) is 5.87. The average molecular weight is 259 g/mol. The van der Waals surface area contributed by atoms with E-state index < -0.39 is 0 Å². The Morgan fingerprint density at radius 1 is 1.26 bits per heavy atom. The zero-order chi connectivity index (χ0) is 13.8. The van der Waals surface area contributed by atoms with Crippen LogP contribution in [0.1, 0.15) is 38.7 Å². The highest BCUT2D eigenvalue weighted by Gasteiger charge is 2.28. The number of amides is 1. The molecule has 19 heavy (non-hydrogen) atoms. The van der Waals surface area contributed by atoms with Crippen LogP contribution in [0.5, 0.6) is 0 Å². The molecule has 4 heteroatoms. The summed E-state index contributed by atoms with van der Waals surface area (Å²) in [6.07, 6.45) is 0.735. The quantitative estimate of drug-likeness (QED) is 0.869. The molecule has 1 aromatic rings. The van der Waals surface area contributed by atoms with Gasteiger partial charge in [-0.1, -0.05) is 37.3 Å². The SMILES string of the molecule is CC(C)NC1=NC(CC(C)c2ccccc2)C(=O)N1. The minimum Gasteiger partial charge on any atom is -0.354 e. The maximum absolute atomic E-state index is 11.9. The highest BCUT2D eigenvalue weighted by molar-refractivity contribution is 6.04. The van der Waals surface area contributed by atoms with Gasteiger partial charge in [-0.05, 0) is 31.7 Å². The minimum atomic E-state index is -0.281. The maximum Gasteiger partial charge on any atom is 0.251 e. The van der Waals surface area contributed by atoms with Crippen LogP contribution in [0.3, 0.4) is 0 Å². The number of guanidine groups is 1. The lowest BCUT2D eigenvalue weighted by Gasteiger charge is -2.13. The summed E-state index contributed by atoms with van der Waals surface area (Å²) in [4.78, 5) is 16.3. The molecule has 4 nitrogen and oxygen atoms in total. The van der Waals surface area contributed by atoms with Crippen LogP contribution in [-0.2, 0) is 4.79 Å². The summed E-state index contributed by atoms with van der Waals surface area (Å²) in [6.45, 7) is 6.18. The molecule has 0 fully saturated rings. The fraction of sp³-hybridized carbons (Fsp3) is 0.467. The summed E-state index contributed by atoms with van der Waals surface area (Å²) in [5.74, 6) is 0.912. The molecule has 0 aliphatic carbocycles. The fourth-order valence-electron chi connectivity index (χ4n) is 2.21. The van der Waals surface area contributed by atoms with E-state index in [0.29, 0.717) is 11.9 Å². The number of carbonyl (C=O) groups is 1. The van der Waals surface area contributed by atoms with Gasteiger partial charge in [-0.15, -0.1) is 0 Å². The topological polar surface area (TPSA) is 53.5 Å². The number of benzene rings is 1. The second-order valence-corrected chi connectivity index (χ2v) is 5.33. The third-order valence-electron chi connectivity index (χ3n) is 3.20. The van der Waals surface area contributed by atoms with Gasteiger partial charge in [0, 0.05) is 6.04 Å². The monoisotopic (exact) mass is 259 g/mol. The third kappa shape index (κ3) is 3.56. The largest absolute Gasteiger partial charge is 0.354 e. The van der Waals surface area contributed by atoms with Crippen molar-refractivity contribution in [1.29, 1.82) is 0 Å². The van der Waals surface area contributed by atoms with Gasteiger partial charge in [0.15, 0.2) is 5.96 Å². The number of nitrogens with zero attached hydrogens (tertiary/aromatic N) is 1. The molecule has 102 valence electrons. The Labute approximate surface area is 114 Å². The third-order valence-corrected chi connectivity index (χ3v) is 3.20. The van der Waals surface area contributed by atoms with Crippen molar-refractivity contribution in [3.8, 4) is 0 Å². The lowest BCUT2D eigenvalue weighted by Crippen LogP contribution is -2.40. The van der Waals surface area contributed by atoms with Gasteiger partial charge < -0.3 is 5.32 Å². The summed E-state index contributed by atoms with van der Waals surface area (Å²) in [5.41, 5.74) is 1.25. The lowest BCUT2D eigenvalue weighted by atomic mass is 9.94. The summed E-state index contributed by atoms with van der Waals surface area (Å²) in [5, 5.41) is 5.93. The van der Waals surface area contributed by atoms with Crippen LogP contribution in [0.25, 0.3) is 0 Å². The highest BCUT2D eigenvalue weighted by Crippen LogP contribution is 2.22. The van der Waals surface area contributed by atoms with Crippen molar-refractivity contribution in [3.63, 3.8) is 0 Å². The smallest absolute Gasteiger partial charge is 0.251 e. The molecule has 1 aliphatic heterocycles. The van der Waals surface area contributed by atoms with Crippen molar-refractivity contribution >= 4 is 11.9 Å². The van der Waals surface area contributed by atoms with Crippen molar-refractivity contribution < 1.29 is 4.79 Å². The molecule has 0 saturated carbocycles. The standard InChI is InChI=1S/C15H21N3O/c1-10(2)16-15-17-13(14(19)18-15)9-11(3)12-7-5-4-6-8-12/h4-8,10-11,13H,9H2,1-3H3,(H2,16,17,18,19). The van der Waals surface area contributed by atoms with Crippen LogP contribution >= 0.6 is 0 Å². The summed E-state index contributed by atoms with van der Waals surface area (Å²) < 4.78 is 0. The number of aliphatic imine (C=N–C) groups is 1. The Morgan fingerprint density at radius 2 is 1.95 bits per heavy atom. The summed E-state index contributed by atoms with van der Waals surface area (Å²) >= 11 is 0. The molecule has 0 saturated heterocycles. The van der Waals surface area contributed by atoms with Gasteiger partial charge in [0.2, 0.25) is 0 Å². The average Bonchev–Trinajstić information content (AvgIpc) is 2.69. The van der Waals surface area contributed by atoms with E-state index in [2.05, 4.69) is 34.7 Å². The molecule has 0 spiro atoms. The zero-order valence-corrected chi connectivity index (χ0v) is 11.7. The molecule has 0 radical (unpaired) electrons. The number of hydrogen-bond donors (Lipinski definition) is 2. The fourth-order valence-corrected chi connectivity index (χ4v) is 2.21. The first-order chi connectivity index (χ1) is 9.06. The lowest BCUT2D eigenvalue weighted by molar-refractivity contribution is -0.120. The van der Waals surface area contributed by atoms with E-state index in [4.69, 9.17) is 0 Å².